The maximum Gasteiger partial charge on any atom is 0.433 e. The van der Waals surface area contributed by atoms with Gasteiger partial charge >= 0.3 is 6.18 Å². The van der Waals surface area contributed by atoms with Gasteiger partial charge in [0.1, 0.15) is 0 Å². The smallest absolute Gasteiger partial charge is 0.355 e. The molecule has 0 atom stereocenters. The van der Waals surface area contributed by atoms with Gasteiger partial charge in [-0.15, -0.1) is 0 Å². The number of carbonyl (C=O) groups excluding carboxylic acids is 1. The molecular weight excluding hydrogens is 235 g/mol. The summed E-state index contributed by atoms with van der Waals surface area (Å²) in [6, 6.07) is 0. The normalized spacial score (nSPS) is 12.6. The predicted molar refractivity (Wildman–Crippen MR) is 55.6 cm³/mol. The quantitative estimate of drug-likeness (QED) is 0.827. The van der Waals surface area contributed by atoms with Crippen molar-refractivity contribution in [2.45, 2.75) is 32.5 Å². The molecule has 0 aromatic carbocycles. The molecule has 0 saturated carbocycles. The van der Waals surface area contributed by atoms with Gasteiger partial charge in [0.15, 0.2) is 5.69 Å². The van der Waals surface area contributed by atoms with Crippen LogP contribution in [0.5, 0.6) is 0 Å². The second-order valence-corrected chi connectivity index (χ2v) is 4.57. The lowest BCUT2D eigenvalue weighted by Crippen LogP contribution is -2.31. The number of hydrogen-bond acceptors (Lipinski definition) is 2. The van der Waals surface area contributed by atoms with E-state index in [0.29, 0.717) is 0 Å². The van der Waals surface area contributed by atoms with Crippen LogP contribution in [0.3, 0.4) is 0 Å². The number of amides is 1. The molecule has 1 aromatic heterocycles. The average molecular weight is 249 g/mol. The Balaban J connectivity index is 3.47. The van der Waals surface area contributed by atoms with Crippen molar-refractivity contribution in [3.05, 3.63) is 17.5 Å². The summed E-state index contributed by atoms with van der Waals surface area (Å²) < 4.78 is 39.6. The van der Waals surface area contributed by atoms with Gasteiger partial charge in [0, 0.05) is 7.05 Å². The van der Waals surface area contributed by atoms with Crippen LogP contribution in [0.15, 0.2) is 6.20 Å². The molecule has 1 heterocycles. The highest BCUT2D eigenvalue weighted by molar-refractivity contribution is 5.95. The molecule has 96 valence electrons. The summed E-state index contributed by atoms with van der Waals surface area (Å²) in [5.74, 6) is -0.798. The van der Waals surface area contributed by atoms with Gasteiger partial charge in [0.25, 0.3) is 5.91 Å². The molecule has 0 aliphatic carbocycles. The Hall–Kier alpha value is -1.53. The molecule has 4 nitrogen and oxygen atoms in total. The SMILES string of the molecule is CNC(=O)c1cnn(C(C)(C)C)c1C(F)(F)F. The van der Waals surface area contributed by atoms with E-state index in [-0.39, 0.29) is 0 Å². The Labute approximate surface area is 96.8 Å². The Morgan fingerprint density at radius 2 is 1.88 bits per heavy atom. The molecule has 0 unspecified atom stereocenters. The highest BCUT2D eigenvalue weighted by Gasteiger charge is 2.42. The fourth-order valence-corrected chi connectivity index (χ4v) is 1.43. The lowest BCUT2D eigenvalue weighted by molar-refractivity contribution is -0.146. The van der Waals surface area contributed by atoms with E-state index in [0.717, 1.165) is 10.9 Å². The fourth-order valence-electron chi connectivity index (χ4n) is 1.43. The maximum absolute atomic E-state index is 12.9. The van der Waals surface area contributed by atoms with Crippen molar-refractivity contribution in [2.24, 2.45) is 0 Å². The summed E-state index contributed by atoms with van der Waals surface area (Å²) in [7, 11) is 1.27. The van der Waals surface area contributed by atoms with E-state index in [2.05, 4.69) is 10.4 Å². The minimum atomic E-state index is -4.62. The molecule has 1 amide bonds. The van der Waals surface area contributed by atoms with E-state index in [1.54, 1.807) is 20.8 Å². The number of nitrogens with one attached hydrogen (secondary N) is 1. The molecule has 1 N–H and O–H groups in total. The Morgan fingerprint density at radius 3 is 2.24 bits per heavy atom. The van der Waals surface area contributed by atoms with E-state index in [1.807, 2.05) is 0 Å². The van der Waals surface area contributed by atoms with Gasteiger partial charge in [-0.3, -0.25) is 9.48 Å². The predicted octanol–water partition coefficient (Wildman–Crippen LogP) is 2.02. The summed E-state index contributed by atoms with van der Waals surface area (Å²) in [5, 5.41) is 5.82. The summed E-state index contributed by atoms with van der Waals surface area (Å²) in [4.78, 5) is 11.4. The number of halogens is 3. The molecule has 17 heavy (non-hydrogen) atoms. The topological polar surface area (TPSA) is 46.9 Å². The molecular formula is C10H14F3N3O. The largest absolute Gasteiger partial charge is 0.433 e. The number of alkyl halides is 3. The summed E-state index contributed by atoms with van der Waals surface area (Å²) in [6.45, 7) is 4.76. The number of rotatable bonds is 1. The van der Waals surface area contributed by atoms with E-state index in [4.69, 9.17) is 0 Å². The van der Waals surface area contributed by atoms with Crippen molar-refractivity contribution in [3.8, 4) is 0 Å². The number of hydrogen-bond donors (Lipinski definition) is 1. The van der Waals surface area contributed by atoms with Crippen LogP contribution < -0.4 is 5.32 Å². The molecule has 0 bridgehead atoms. The molecule has 1 rings (SSSR count). The van der Waals surface area contributed by atoms with Gasteiger partial charge in [-0.1, -0.05) is 0 Å². The summed E-state index contributed by atoms with van der Waals surface area (Å²) >= 11 is 0. The van der Waals surface area contributed by atoms with Crippen LogP contribution in [0, 0.1) is 0 Å². The summed E-state index contributed by atoms with van der Waals surface area (Å²) in [5.41, 5.74) is -2.34. The average Bonchev–Trinajstić information content (AvgIpc) is 2.59. The minimum Gasteiger partial charge on any atom is -0.355 e. The molecule has 0 spiro atoms. The standard InChI is InChI=1S/C10H14F3N3O/c1-9(2,3)16-7(10(11,12)13)6(5-15-16)8(17)14-4/h5H,1-4H3,(H,14,17). The van der Waals surface area contributed by atoms with E-state index in [1.165, 1.54) is 7.05 Å². The van der Waals surface area contributed by atoms with Crippen LogP contribution >= 0.6 is 0 Å². The van der Waals surface area contributed by atoms with Crippen LogP contribution in [-0.2, 0) is 11.7 Å². The minimum absolute atomic E-state index is 0.463. The van der Waals surface area contributed by atoms with Crippen LogP contribution in [-0.4, -0.2) is 22.7 Å². The zero-order valence-electron chi connectivity index (χ0n) is 10.0. The number of carbonyl (C=O) groups is 1. The lowest BCUT2D eigenvalue weighted by atomic mass is 10.1. The van der Waals surface area contributed by atoms with Gasteiger partial charge < -0.3 is 5.32 Å². The molecule has 1 aromatic rings. The molecule has 0 fully saturated rings. The van der Waals surface area contributed by atoms with E-state index >= 15 is 0 Å². The van der Waals surface area contributed by atoms with Crippen molar-refractivity contribution in [1.82, 2.24) is 15.1 Å². The highest BCUT2D eigenvalue weighted by atomic mass is 19.4. The zero-order valence-corrected chi connectivity index (χ0v) is 10.0. The first kappa shape index (κ1) is 13.5. The third kappa shape index (κ3) is 2.59. The molecule has 0 radical (unpaired) electrons. The number of aromatic nitrogens is 2. The van der Waals surface area contributed by atoms with Gasteiger partial charge in [-0.2, -0.15) is 18.3 Å². The molecule has 7 heteroatoms. The molecule has 0 aliphatic heterocycles. The van der Waals surface area contributed by atoms with Crippen molar-refractivity contribution in [1.29, 1.82) is 0 Å². The molecule has 0 aliphatic rings. The maximum atomic E-state index is 12.9. The second-order valence-electron chi connectivity index (χ2n) is 4.57. The van der Waals surface area contributed by atoms with Crippen LogP contribution in [0.2, 0.25) is 0 Å². The van der Waals surface area contributed by atoms with Crippen LogP contribution in [0.25, 0.3) is 0 Å². The van der Waals surface area contributed by atoms with Gasteiger partial charge in [0.2, 0.25) is 0 Å². The van der Waals surface area contributed by atoms with Crippen molar-refractivity contribution >= 4 is 5.91 Å². The van der Waals surface area contributed by atoms with Gasteiger partial charge in [0.05, 0.1) is 17.3 Å². The lowest BCUT2D eigenvalue weighted by Gasteiger charge is -2.23. The number of nitrogens with zero attached hydrogens (tertiary/aromatic N) is 2. The zero-order chi connectivity index (χ0) is 13.4. The Morgan fingerprint density at radius 1 is 1.35 bits per heavy atom. The third-order valence-corrected chi connectivity index (χ3v) is 2.14. The summed E-state index contributed by atoms with van der Waals surface area (Å²) in [6.07, 6.45) is -3.68. The Bertz CT molecular complexity index is 429. The third-order valence-electron chi connectivity index (χ3n) is 2.14. The first-order chi connectivity index (χ1) is 7.59. The molecule has 0 saturated heterocycles. The highest BCUT2D eigenvalue weighted by Crippen LogP contribution is 2.34. The second kappa shape index (κ2) is 4.05. The van der Waals surface area contributed by atoms with E-state index < -0.39 is 28.9 Å². The van der Waals surface area contributed by atoms with Gasteiger partial charge in [-0.05, 0) is 20.8 Å². The fraction of sp³-hybridized carbons (Fsp3) is 0.600. The van der Waals surface area contributed by atoms with Crippen molar-refractivity contribution < 1.29 is 18.0 Å². The monoisotopic (exact) mass is 249 g/mol. The van der Waals surface area contributed by atoms with Gasteiger partial charge in [-0.25, -0.2) is 0 Å². The van der Waals surface area contributed by atoms with E-state index in [9.17, 15) is 18.0 Å². The Kier molecular flexibility index (Phi) is 3.22. The van der Waals surface area contributed by atoms with Crippen molar-refractivity contribution in [3.63, 3.8) is 0 Å². The van der Waals surface area contributed by atoms with Crippen LogP contribution in [0.1, 0.15) is 36.8 Å². The first-order valence-corrected chi connectivity index (χ1v) is 4.97. The van der Waals surface area contributed by atoms with Crippen LogP contribution in [0.4, 0.5) is 13.2 Å². The van der Waals surface area contributed by atoms with Crippen molar-refractivity contribution in [2.75, 3.05) is 7.05 Å². The first-order valence-electron chi connectivity index (χ1n) is 4.97.